The minimum atomic E-state index is 0.0232. The summed E-state index contributed by atoms with van der Waals surface area (Å²) in [4.78, 5) is 11.9. The second-order valence-electron chi connectivity index (χ2n) is 5.01. The fraction of sp³-hybridized carbons (Fsp3) is 0.500. The number of aryl methyl sites for hydroxylation is 1. The van der Waals surface area contributed by atoms with Gasteiger partial charge in [-0.3, -0.25) is 4.79 Å². The third kappa shape index (κ3) is 2.82. The maximum Gasteiger partial charge on any atom is 0.224 e. The third-order valence-electron chi connectivity index (χ3n) is 3.54. The number of hydrogen-bond acceptors (Lipinski definition) is 3. The summed E-state index contributed by atoms with van der Waals surface area (Å²) in [6.07, 6.45) is 1.60. The SMILES string of the molecule is Cc1ccc(NC(=O)CC2CCNC2)c(C)c1O. The second-order valence-corrected chi connectivity index (χ2v) is 5.01. The van der Waals surface area contributed by atoms with E-state index in [1.807, 2.05) is 26.0 Å². The van der Waals surface area contributed by atoms with Crippen molar-refractivity contribution in [3.8, 4) is 5.75 Å². The smallest absolute Gasteiger partial charge is 0.224 e. The number of rotatable bonds is 3. The van der Waals surface area contributed by atoms with Crippen LogP contribution in [-0.2, 0) is 4.79 Å². The standard InChI is InChI=1S/C14H20N2O2/c1-9-3-4-12(10(2)14(9)18)16-13(17)7-11-5-6-15-8-11/h3-4,11,15,18H,5-8H2,1-2H3,(H,16,17). The second kappa shape index (κ2) is 5.40. The van der Waals surface area contributed by atoms with Crippen LogP contribution >= 0.6 is 0 Å². The summed E-state index contributed by atoms with van der Waals surface area (Å²) in [5.41, 5.74) is 2.26. The largest absolute Gasteiger partial charge is 0.507 e. The quantitative estimate of drug-likeness (QED) is 0.766. The van der Waals surface area contributed by atoms with Crippen molar-refractivity contribution < 1.29 is 9.90 Å². The van der Waals surface area contributed by atoms with Crippen molar-refractivity contribution in [2.75, 3.05) is 18.4 Å². The number of phenols is 1. The Morgan fingerprint density at radius 2 is 2.28 bits per heavy atom. The van der Waals surface area contributed by atoms with Crippen molar-refractivity contribution >= 4 is 11.6 Å². The molecule has 3 N–H and O–H groups in total. The van der Waals surface area contributed by atoms with Crippen LogP contribution in [0, 0.1) is 19.8 Å². The Morgan fingerprint density at radius 1 is 1.50 bits per heavy atom. The van der Waals surface area contributed by atoms with Crippen LogP contribution in [0.3, 0.4) is 0 Å². The average molecular weight is 248 g/mol. The maximum absolute atomic E-state index is 11.9. The number of hydrogen-bond donors (Lipinski definition) is 3. The summed E-state index contributed by atoms with van der Waals surface area (Å²) < 4.78 is 0. The Kier molecular flexibility index (Phi) is 3.87. The van der Waals surface area contributed by atoms with Gasteiger partial charge in [-0.05, 0) is 50.9 Å². The molecule has 1 heterocycles. The summed E-state index contributed by atoms with van der Waals surface area (Å²) in [7, 11) is 0. The van der Waals surface area contributed by atoms with Crippen molar-refractivity contribution in [1.82, 2.24) is 5.32 Å². The number of amides is 1. The van der Waals surface area contributed by atoms with Gasteiger partial charge in [0.05, 0.1) is 0 Å². The molecular formula is C14H20N2O2. The molecule has 4 nitrogen and oxygen atoms in total. The first-order chi connectivity index (χ1) is 8.58. The molecule has 98 valence electrons. The van der Waals surface area contributed by atoms with E-state index in [4.69, 9.17) is 0 Å². The summed E-state index contributed by atoms with van der Waals surface area (Å²) >= 11 is 0. The molecule has 1 unspecified atom stereocenters. The van der Waals surface area contributed by atoms with Crippen molar-refractivity contribution in [3.05, 3.63) is 23.3 Å². The van der Waals surface area contributed by atoms with Crippen LogP contribution < -0.4 is 10.6 Å². The molecule has 1 saturated heterocycles. The third-order valence-corrected chi connectivity index (χ3v) is 3.54. The van der Waals surface area contributed by atoms with E-state index in [2.05, 4.69) is 10.6 Å². The topological polar surface area (TPSA) is 61.4 Å². The Morgan fingerprint density at radius 3 is 2.94 bits per heavy atom. The molecule has 2 rings (SSSR count). The van der Waals surface area contributed by atoms with Gasteiger partial charge in [0.1, 0.15) is 5.75 Å². The number of carbonyl (C=O) groups excluding carboxylic acids is 1. The van der Waals surface area contributed by atoms with Crippen LogP contribution in [0.1, 0.15) is 24.0 Å². The monoisotopic (exact) mass is 248 g/mol. The molecule has 0 radical (unpaired) electrons. The molecule has 1 amide bonds. The summed E-state index contributed by atoms with van der Waals surface area (Å²) in [5, 5.41) is 16.0. The molecule has 0 spiro atoms. The summed E-state index contributed by atoms with van der Waals surface area (Å²) in [6, 6.07) is 3.66. The van der Waals surface area contributed by atoms with Crippen LogP contribution in [0.2, 0.25) is 0 Å². The molecule has 4 heteroatoms. The highest BCUT2D eigenvalue weighted by atomic mass is 16.3. The van der Waals surface area contributed by atoms with Gasteiger partial charge in [0, 0.05) is 17.7 Å². The van der Waals surface area contributed by atoms with Crippen molar-refractivity contribution in [3.63, 3.8) is 0 Å². The van der Waals surface area contributed by atoms with E-state index >= 15 is 0 Å². The Hall–Kier alpha value is -1.55. The minimum absolute atomic E-state index is 0.0232. The lowest BCUT2D eigenvalue weighted by Crippen LogP contribution is -2.18. The molecule has 1 aromatic rings. The first-order valence-electron chi connectivity index (χ1n) is 6.37. The maximum atomic E-state index is 11.9. The van der Waals surface area contributed by atoms with Crippen LogP contribution in [0.25, 0.3) is 0 Å². The molecule has 0 saturated carbocycles. The van der Waals surface area contributed by atoms with Gasteiger partial charge in [0.15, 0.2) is 0 Å². The van der Waals surface area contributed by atoms with Gasteiger partial charge in [-0.2, -0.15) is 0 Å². The molecule has 18 heavy (non-hydrogen) atoms. The van der Waals surface area contributed by atoms with E-state index in [0.717, 1.165) is 30.6 Å². The first kappa shape index (κ1) is 12.9. The Labute approximate surface area is 107 Å². The fourth-order valence-corrected chi connectivity index (χ4v) is 2.32. The fourth-order valence-electron chi connectivity index (χ4n) is 2.32. The lowest BCUT2D eigenvalue weighted by molar-refractivity contribution is -0.116. The zero-order valence-corrected chi connectivity index (χ0v) is 10.9. The first-order valence-corrected chi connectivity index (χ1v) is 6.37. The molecule has 0 aromatic heterocycles. The lowest BCUT2D eigenvalue weighted by Gasteiger charge is -2.13. The lowest BCUT2D eigenvalue weighted by atomic mass is 10.0. The predicted molar refractivity (Wildman–Crippen MR) is 71.8 cm³/mol. The van der Waals surface area contributed by atoms with Crippen LogP contribution in [0.5, 0.6) is 5.75 Å². The minimum Gasteiger partial charge on any atom is -0.507 e. The van der Waals surface area contributed by atoms with Gasteiger partial charge in [0.2, 0.25) is 5.91 Å². The van der Waals surface area contributed by atoms with Crippen LogP contribution in [0.15, 0.2) is 12.1 Å². The van der Waals surface area contributed by atoms with E-state index in [-0.39, 0.29) is 11.7 Å². The number of phenolic OH excluding ortho intramolecular Hbond substituents is 1. The summed E-state index contributed by atoms with van der Waals surface area (Å²) in [6.45, 7) is 5.58. The number of aromatic hydroxyl groups is 1. The van der Waals surface area contributed by atoms with E-state index in [0.29, 0.717) is 18.0 Å². The zero-order chi connectivity index (χ0) is 13.1. The van der Waals surface area contributed by atoms with Gasteiger partial charge >= 0.3 is 0 Å². The Bertz CT molecular complexity index is 451. The normalized spacial score (nSPS) is 18.9. The van der Waals surface area contributed by atoms with Crippen LogP contribution in [0.4, 0.5) is 5.69 Å². The molecule has 0 bridgehead atoms. The molecular weight excluding hydrogens is 228 g/mol. The Balaban J connectivity index is 2.00. The van der Waals surface area contributed by atoms with E-state index in [1.54, 1.807) is 0 Å². The number of nitrogens with one attached hydrogen (secondary N) is 2. The van der Waals surface area contributed by atoms with Crippen LogP contribution in [-0.4, -0.2) is 24.1 Å². The number of benzene rings is 1. The van der Waals surface area contributed by atoms with Gasteiger partial charge in [-0.15, -0.1) is 0 Å². The van der Waals surface area contributed by atoms with E-state index < -0.39 is 0 Å². The predicted octanol–water partition coefficient (Wildman–Crippen LogP) is 1.95. The highest BCUT2D eigenvalue weighted by Crippen LogP contribution is 2.28. The molecule has 0 aliphatic carbocycles. The van der Waals surface area contributed by atoms with Gasteiger partial charge < -0.3 is 15.7 Å². The van der Waals surface area contributed by atoms with E-state index in [9.17, 15) is 9.90 Å². The molecule has 1 atom stereocenters. The van der Waals surface area contributed by atoms with Gasteiger partial charge in [-0.25, -0.2) is 0 Å². The van der Waals surface area contributed by atoms with Gasteiger partial charge in [-0.1, -0.05) is 6.07 Å². The summed E-state index contributed by atoms with van der Waals surface area (Å²) in [5.74, 6) is 0.717. The molecule has 1 fully saturated rings. The van der Waals surface area contributed by atoms with Gasteiger partial charge in [0.25, 0.3) is 0 Å². The molecule has 1 aliphatic heterocycles. The number of carbonyl (C=O) groups is 1. The highest BCUT2D eigenvalue weighted by molar-refractivity contribution is 5.92. The molecule has 1 aromatic carbocycles. The van der Waals surface area contributed by atoms with Crippen molar-refractivity contribution in [2.45, 2.75) is 26.7 Å². The average Bonchev–Trinajstić information content (AvgIpc) is 2.83. The zero-order valence-electron chi connectivity index (χ0n) is 10.9. The highest BCUT2D eigenvalue weighted by Gasteiger charge is 2.18. The van der Waals surface area contributed by atoms with Crippen molar-refractivity contribution in [1.29, 1.82) is 0 Å². The molecule has 1 aliphatic rings. The van der Waals surface area contributed by atoms with Crippen molar-refractivity contribution in [2.24, 2.45) is 5.92 Å². The van der Waals surface area contributed by atoms with E-state index in [1.165, 1.54) is 0 Å². The number of anilines is 1.